The van der Waals surface area contributed by atoms with E-state index in [2.05, 4.69) is 9.80 Å². The van der Waals surface area contributed by atoms with Gasteiger partial charge in [0.15, 0.2) is 6.35 Å². The smallest absolute Gasteiger partial charge is 0.308 e. The van der Waals surface area contributed by atoms with Gasteiger partial charge in [0.1, 0.15) is 0 Å². The molecule has 26 heavy (non-hydrogen) atoms. The predicted octanol–water partition coefficient (Wildman–Crippen LogP) is 3.24. The van der Waals surface area contributed by atoms with Crippen molar-refractivity contribution < 1.29 is 23.0 Å². The monoisotopic (exact) mass is 374 g/mol. The standard InChI is InChI=1S/C19H32F2N2O3/c1-2-25-17(24)15-5-7-16(8-6-15)26-18(22-11-3-4-12-22)23-13-9-19(20,21)10-14-23/h15-16,18H,2-14H2,1H3. The van der Waals surface area contributed by atoms with Crippen molar-refractivity contribution in [3.05, 3.63) is 0 Å². The summed E-state index contributed by atoms with van der Waals surface area (Å²) in [6, 6.07) is 0. The minimum atomic E-state index is -2.54. The Morgan fingerprint density at radius 1 is 1.04 bits per heavy atom. The first-order chi connectivity index (χ1) is 12.5. The molecule has 5 nitrogen and oxygen atoms in total. The largest absolute Gasteiger partial charge is 0.466 e. The molecule has 0 N–H and O–H groups in total. The Balaban J connectivity index is 1.54. The highest BCUT2D eigenvalue weighted by Gasteiger charge is 2.40. The molecule has 0 spiro atoms. The van der Waals surface area contributed by atoms with E-state index in [0.717, 1.165) is 51.6 Å². The van der Waals surface area contributed by atoms with Crippen molar-refractivity contribution in [2.24, 2.45) is 5.92 Å². The quantitative estimate of drug-likeness (QED) is 0.668. The summed E-state index contributed by atoms with van der Waals surface area (Å²) in [5, 5.41) is 0. The first-order valence-electron chi connectivity index (χ1n) is 10.2. The first-order valence-corrected chi connectivity index (χ1v) is 10.2. The van der Waals surface area contributed by atoms with Gasteiger partial charge in [-0.1, -0.05) is 0 Å². The average molecular weight is 374 g/mol. The van der Waals surface area contributed by atoms with E-state index in [4.69, 9.17) is 9.47 Å². The molecule has 2 aliphatic heterocycles. The summed E-state index contributed by atoms with van der Waals surface area (Å²) in [5.74, 6) is -2.65. The molecule has 3 aliphatic rings. The van der Waals surface area contributed by atoms with Crippen molar-refractivity contribution >= 4 is 5.97 Å². The van der Waals surface area contributed by atoms with Crippen LogP contribution in [0, 0.1) is 5.92 Å². The number of esters is 1. The Hall–Kier alpha value is -0.790. The number of ether oxygens (including phenoxy) is 2. The fourth-order valence-corrected chi connectivity index (χ4v) is 4.30. The fraction of sp³-hybridized carbons (Fsp3) is 0.947. The number of carbonyl (C=O) groups is 1. The molecule has 0 aromatic carbocycles. The van der Waals surface area contributed by atoms with Crippen LogP contribution in [0.5, 0.6) is 0 Å². The number of hydrogen-bond donors (Lipinski definition) is 0. The number of rotatable bonds is 6. The molecule has 1 atom stereocenters. The van der Waals surface area contributed by atoms with Gasteiger partial charge in [-0.3, -0.25) is 14.6 Å². The van der Waals surface area contributed by atoms with Crippen LogP contribution in [0.25, 0.3) is 0 Å². The van der Waals surface area contributed by atoms with E-state index in [1.54, 1.807) is 0 Å². The first kappa shape index (κ1) is 20.0. The van der Waals surface area contributed by atoms with Crippen molar-refractivity contribution in [1.29, 1.82) is 0 Å². The predicted molar refractivity (Wildman–Crippen MR) is 93.8 cm³/mol. The van der Waals surface area contributed by atoms with E-state index >= 15 is 0 Å². The lowest BCUT2D eigenvalue weighted by Crippen LogP contribution is -2.54. The second-order valence-corrected chi connectivity index (χ2v) is 7.82. The normalized spacial score (nSPS) is 31.7. The van der Waals surface area contributed by atoms with Crippen LogP contribution in [-0.4, -0.2) is 66.9 Å². The van der Waals surface area contributed by atoms with Gasteiger partial charge in [0, 0.05) is 39.0 Å². The zero-order chi connectivity index (χ0) is 18.6. The maximum absolute atomic E-state index is 13.5. The Kier molecular flexibility index (Phi) is 6.86. The van der Waals surface area contributed by atoms with Crippen molar-refractivity contribution in [1.82, 2.24) is 9.80 Å². The number of nitrogens with zero attached hydrogens (tertiary/aromatic N) is 2. The third kappa shape index (κ3) is 5.14. The minimum absolute atomic E-state index is 0.0197. The molecule has 2 heterocycles. The van der Waals surface area contributed by atoms with E-state index in [0.29, 0.717) is 19.7 Å². The van der Waals surface area contributed by atoms with Gasteiger partial charge in [-0.2, -0.15) is 0 Å². The molecule has 0 bridgehead atoms. The Morgan fingerprint density at radius 2 is 1.62 bits per heavy atom. The topological polar surface area (TPSA) is 42.0 Å². The molecule has 0 amide bonds. The van der Waals surface area contributed by atoms with Crippen molar-refractivity contribution in [2.45, 2.75) is 76.7 Å². The fourth-order valence-electron chi connectivity index (χ4n) is 4.30. The van der Waals surface area contributed by atoms with Gasteiger partial charge in [0.25, 0.3) is 5.92 Å². The molecule has 150 valence electrons. The summed E-state index contributed by atoms with van der Waals surface area (Å²) >= 11 is 0. The van der Waals surface area contributed by atoms with E-state index in [9.17, 15) is 13.6 Å². The summed E-state index contributed by atoms with van der Waals surface area (Å²) in [6.07, 6.45) is 5.23. The number of halogens is 2. The SMILES string of the molecule is CCOC(=O)C1CCC(OC(N2CCCC2)N2CCC(F)(F)CC2)CC1. The van der Waals surface area contributed by atoms with Crippen LogP contribution in [0.1, 0.15) is 58.3 Å². The summed E-state index contributed by atoms with van der Waals surface area (Å²) in [7, 11) is 0. The highest BCUT2D eigenvalue weighted by molar-refractivity contribution is 5.72. The van der Waals surface area contributed by atoms with Gasteiger partial charge in [-0.15, -0.1) is 0 Å². The Labute approximate surface area is 155 Å². The highest BCUT2D eigenvalue weighted by Crippen LogP contribution is 2.33. The molecular weight excluding hydrogens is 342 g/mol. The number of carbonyl (C=O) groups excluding carboxylic acids is 1. The third-order valence-corrected chi connectivity index (χ3v) is 5.90. The van der Waals surface area contributed by atoms with Crippen LogP contribution >= 0.6 is 0 Å². The van der Waals surface area contributed by atoms with Crippen molar-refractivity contribution in [3.8, 4) is 0 Å². The highest BCUT2D eigenvalue weighted by atomic mass is 19.3. The van der Waals surface area contributed by atoms with Gasteiger partial charge in [-0.25, -0.2) is 8.78 Å². The van der Waals surface area contributed by atoms with Gasteiger partial charge in [-0.05, 0) is 45.4 Å². The van der Waals surface area contributed by atoms with Crippen LogP contribution in [-0.2, 0) is 14.3 Å². The summed E-state index contributed by atoms with van der Waals surface area (Å²) in [4.78, 5) is 16.3. The van der Waals surface area contributed by atoms with E-state index in [1.807, 2.05) is 6.92 Å². The minimum Gasteiger partial charge on any atom is -0.466 e. The molecule has 7 heteroatoms. The van der Waals surface area contributed by atoms with Gasteiger partial charge >= 0.3 is 5.97 Å². The second-order valence-electron chi connectivity index (χ2n) is 7.82. The molecule has 1 unspecified atom stereocenters. The lowest BCUT2D eigenvalue weighted by atomic mass is 9.87. The van der Waals surface area contributed by atoms with Crippen LogP contribution < -0.4 is 0 Å². The van der Waals surface area contributed by atoms with Crippen LogP contribution in [0.15, 0.2) is 0 Å². The maximum Gasteiger partial charge on any atom is 0.308 e. The van der Waals surface area contributed by atoms with Crippen molar-refractivity contribution in [3.63, 3.8) is 0 Å². The van der Waals surface area contributed by atoms with Gasteiger partial charge < -0.3 is 9.47 Å². The summed E-state index contributed by atoms with van der Waals surface area (Å²) < 4.78 is 38.6. The average Bonchev–Trinajstić information content (AvgIpc) is 3.15. The van der Waals surface area contributed by atoms with E-state index in [-0.39, 0.29) is 37.2 Å². The van der Waals surface area contributed by atoms with E-state index < -0.39 is 5.92 Å². The number of likely N-dealkylation sites (tertiary alicyclic amines) is 2. The van der Waals surface area contributed by atoms with Crippen molar-refractivity contribution in [2.75, 3.05) is 32.8 Å². The van der Waals surface area contributed by atoms with Gasteiger partial charge in [0.2, 0.25) is 0 Å². The number of alkyl halides is 2. The number of piperidine rings is 1. The number of hydrogen-bond acceptors (Lipinski definition) is 5. The molecular formula is C19H32F2N2O3. The lowest BCUT2D eigenvalue weighted by Gasteiger charge is -2.43. The van der Waals surface area contributed by atoms with E-state index in [1.165, 1.54) is 0 Å². The lowest BCUT2D eigenvalue weighted by molar-refractivity contribution is -0.201. The maximum atomic E-state index is 13.5. The van der Waals surface area contributed by atoms with Gasteiger partial charge in [0.05, 0.1) is 18.6 Å². The third-order valence-electron chi connectivity index (χ3n) is 5.90. The summed E-state index contributed by atoms with van der Waals surface area (Å²) in [6.45, 7) is 4.95. The molecule has 3 fully saturated rings. The zero-order valence-electron chi connectivity index (χ0n) is 15.8. The molecule has 0 aromatic rings. The van der Waals surface area contributed by atoms with Crippen LogP contribution in [0.3, 0.4) is 0 Å². The Morgan fingerprint density at radius 3 is 2.19 bits per heavy atom. The molecule has 1 aliphatic carbocycles. The summed E-state index contributed by atoms with van der Waals surface area (Å²) in [5.41, 5.74) is 0. The molecule has 3 rings (SSSR count). The second kappa shape index (κ2) is 8.93. The Bertz CT molecular complexity index is 454. The molecule has 0 aromatic heterocycles. The molecule has 1 saturated carbocycles. The van der Waals surface area contributed by atoms with Crippen LogP contribution in [0.2, 0.25) is 0 Å². The molecule has 0 radical (unpaired) electrons. The zero-order valence-corrected chi connectivity index (χ0v) is 15.8. The van der Waals surface area contributed by atoms with Crippen LogP contribution in [0.4, 0.5) is 8.78 Å². The molecule has 2 saturated heterocycles.